The highest BCUT2D eigenvalue weighted by atomic mass is 32.2. The van der Waals surface area contributed by atoms with Crippen LogP contribution in [0.1, 0.15) is 37.6 Å². The fraction of sp³-hybridized carbons (Fsp3) is 0.667. The Kier molecular flexibility index (Phi) is 4.92. The molecule has 0 N–H and O–H groups in total. The van der Waals surface area contributed by atoms with E-state index in [9.17, 15) is 0 Å². The Hall–Kier alpha value is -0.890. The first-order valence-corrected chi connectivity index (χ1v) is 10.8. The van der Waals surface area contributed by atoms with Crippen LogP contribution in [0.2, 0.25) is 0 Å². The van der Waals surface area contributed by atoms with E-state index in [1.807, 2.05) is 0 Å². The van der Waals surface area contributed by atoms with Gasteiger partial charge in [-0.2, -0.15) is 0 Å². The van der Waals surface area contributed by atoms with Crippen molar-refractivity contribution in [1.82, 2.24) is 9.97 Å². The second-order valence-corrected chi connectivity index (χ2v) is 9.33. The first-order chi connectivity index (χ1) is 12.1. The van der Waals surface area contributed by atoms with Crippen LogP contribution in [-0.4, -0.2) is 47.6 Å². The predicted molar refractivity (Wildman–Crippen MR) is 104 cm³/mol. The number of hydrogen-bond donors (Lipinski definition) is 0. The van der Waals surface area contributed by atoms with Gasteiger partial charge in [0.2, 0.25) is 0 Å². The Morgan fingerprint density at radius 1 is 1.24 bits per heavy atom. The summed E-state index contributed by atoms with van der Waals surface area (Å²) in [7, 11) is 0. The van der Waals surface area contributed by atoms with Crippen LogP contribution in [0.25, 0.3) is 10.2 Å². The van der Waals surface area contributed by atoms with Crippen molar-refractivity contribution in [1.29, 1.82) is 0 Å². The normalized spacial score (nSPS) is 20.0. The molecule has 0 amide bonds. The van der Waals surface area contributed by atoms with Gasteiger partial charge in [0.1, 0.15) is 10.6 Å². The first kappa shape index (κ1) is 17.5. The van der Waals surface area contributed by atoms with E-state index in [0.29, 0.717) is 6.61 Å². The van der Waals surface area contributed by atoms with Crippen molar-refractivity contribution < 1.29 is 9.47 Å². The van der Waals surface area contributed by atoms with Crippen LogP contribution in [-0.2, 0) is 22.5 Å². The summed E-state index contributed by atoms with van der Waals surface area (Å²) in [6, 6.07) is 0. The molecule has 136 valence electrons. The molecule has 0 bridgehead atoms. The number of thiophene rings is 1. The van der Waals surface area contributed by atoms with Gasteiger partial charge < -0.3 is 14.4 Å². The van der Waals surface area contributed by atoms with Crippen molar-refractivity contribution in [3.63, 3.8) is 0 Å². The van der Waals surface area contributed by atoms with E-state index in [0.717, 1.165) is 60.7 Å². The Balaban J connectivity index is 1.84. The van der Waals surface area contributed by atoms with Crippen LogP contribution in [0.4, 0.5) is 5.82 Å². The zero-order valence-electron chi connectivity index (χ0n) is 15.1. The van der Waals surface area contributed by atoms with Gasteiger partial charge in [-0.1, -0.05) is 18.7 Å². The lowest BCUT2D eigenvalue weighted by molar-refractivity contribution is -0.0379. The Morgan fingerprint density at radius 3 is 2.80 bits per heavy atom. The molecule has 4 heterocycles. The van der Waals surface area contributed by atoms with Gasteiger partial charge in [-0.15, -0.1) is 11.3 Å². The molecule has 1 fully saturated rings. The molecule has 2 aliphatic heterocycles. The van der Waals surface area contributed by atoms with Gasteiger partial charge in [0.15, 0.2) is 5.16 Å². The van der Waals surface area contributed by atoms with E-state index in [1.165, 1.54) is 15.8 Å². The number of aromatic nitrogens is 2. The summed E-state index contributed by atoms with van der Waals surface area (Å²) < 4.78 is 11.6. The topological polar surface area (TPSA) is 47.5 Å². The fourth-order valence-electron chi connectivity index (χ4n) is 3.37. The van der Waals surface area contributed by atoms with E-state index in [-0.39, 0.29) is 5.60 Å². The zero-order chi connectivity index (χ0) is 17.4. The number of thioether (sulfide) groups is 1. The van der Waals surface area contributed by atoms with E-state index in [1.54, 1.807) is 23.1 Å². The minimum absolute atomic E-state index is 0.126. The minimum Gasteiger partial charge on any atom is -0.378 e. The van der Waals surface area contributed by atoms with Crippen molar-refractivity contribution >= 4 is 39.1 Å². The highest BCUT2D eigenvalue weighted by Gasteiger charge is 2.32. The summed E-state index contributed by atoms with van der Waals surface area (Å²) in [5.74, 6) is 2.15. The molecule has 0 radical (unpaired) electrons. The van der Waals surface area contributed by atoms with Gasteiger partial charge in [0.05, 0.1) is 30.8 Å². The van der Waals surface area contributed by atoms with Crippen LogP contribution < -0.4 is 4.90 Å². The number of rotatable bonds is 4. The van der Waals surface area contributed by atoms with Crippen LogP contribution in [0, 0.1) is 0 Å². The number of fused-ring (bicyclic) bond motifs is 3. The van der Waals surface area contributed by atoms with Gasteiger partial charge in [0, 0.05) is 30.1 Å². The molecule has 25 heavy (non-hydrogen) atoms. The summed E-state index contributed by atoms with van der Waals surface area (Å²) in [6.07, 6.45) is 2.05. The number of hydrogen-bond acceptors (Lipinski definition) is 7. The lowest BCUT2D eigenvalue weighted by Crippen LogP contribution is -2.37. The standard InChI is InChI=1S/C18H25N3O2S2/c1-4-9-24-17-19-15(21-5-7-22-8-6-21)14-12-10-18(2,3)23-11-13(12)25-16(14)20-17/h4-11H2,1-3H3. The van der Waals surface area contributed by atoms with E-state index in [2.05, 4.69) is 25.7 Å². The number of morpholine rings is 1. The van der Waals surface area contributed by atoms with E-state index >= 15 is 0 Å². The first-order valence-electron chi connectivity index (χ1n) is 8.99. The van der Waals surface area contributed by atoms with Crippen molar-refractivity contribution in [2.45, 2.75) is 51.0 Å². The molecule has 0 unspecified atom stereocenters. The molecule has 7 heteroatoms. The molecule has 4 rings (SSSR count). The molecule has 2 aromatic rings. The lowest BCUT2D eigenvalue weighted by Gasteiger charge is -2.32. The SMILES string of the molecule is CCCSc1nc(N2CCOCC2)c2c3c(sc2n1)COC(C)(C)C3. The van der Waals surface area contributed by atoms with Crippen LogP contribution in [0.5, 0.6) is 0 Å². The molecule has 1 saturated heterocycles. The monoisotopic (exact) mass is 379 g/mol. The lowest BCUT2D eigenvalue weighted by atomic mass is 9.94. The van der Waals surface area contributed by atoms with Gasteiger partial charge in [-0.3, -0.25) is 0 Å². The maximum absolute atomic E-state index is 6.03. The van der Waals surface area contributed by atoms with Crippen molar-refractivity contribution in [3.05, 3.63) is 10.4 Å². The van der Waals surface area contributed by atoms with E-state index in [4.69, 9.17) is 19.4 Å². The molecule has 0 atom stereocenters. The molecule has 0 aromatic carbocycles. The number of anilines is 1. The highest BCUT2D eigenvalue weighted by Crippen LogP contribution is 2.42. The summed E-state index contributed by atoms with van der Waals surface area (Å²) in [5.41, 5.74) is 1.27. The predicted octanol–water partition coefficient (Wildman–Crippen LogP) is 3.88. The third kappa shape index (κ3) is 3.52. The van der Waals surface area contributed by atoms with Crippen LogP contribution in [0.3, 0.4) is 0 Å². The van der Waals surface area contributed by atoms with Crippen LogP contribution in [0.15, 0.2) is 5.16 Å². The van der Waals surface area contributed by atoms with Gasteiger partial charge >= 0.3 is 0 Å². The minimum atomic E-state index is -0.126. The summed E-state index contributed by atoms with van der Waals surface area (Å²) >= 11 is 3.53. The van der Waals surface area contributed by atoms with E-state index < -0.39 is 0 Å². The third-order valence-electron chi connectivity index (χ3n) is 4.64. The maximum atomic E-state index is 6.03. The Bertz CT molecular complexity index is 769. The summed E-state index contributed by atoms with van der Waals surface area (Å²) in [5, 5.41) is 2.15. The second-order valence-electron chi connectivity index (χ2n) is 7.19. The van der Waals surface area contributed by atoms with Crippen LogP contribution >= 0.6 is 23.1 Å². The largest absolute Gasteiger partial charge is 0.378 e. The molecular formula is C18H25N3O2S2. The highest BCUT2D eigenvalue weighted by molar-refractivity contribution is 7.99. The second kappa shape index (κ2) is 7.02. The maximum Gasteiger partial charge on any atom is 0.190 e. The zero-order valence-corrected chi connectivity index (χ0v) is 16.8. The molecule has 0 aliphatic carbocycles. The molecule has 0 spiro atoms. The summed E-state index contributed by atoms with van der Waals surface area (Å²) in [6.45, 7) is 10.5. The molecule has 0 saturated carbocycles. The average Bonchev–Trinajstić information content (AvgIpc) is 2.96. The Labute approximate surface area is 157 Å². The van der Waals surface area contributed by atoms with Crippen molar-refractivity contribution in [2.24, 2.45) is 0 Å². The number of ether oxygens (including phenoxy) is 2. The molecule has 2 aromatic heterocycles. The third-order valence-corrected chi connectivity index (χ3v) is 6.79. The summed E-state index contributed by atoms with van der Waals surface area (Å²) in [4.78, 5) is 14.7. The number of nitrogens with zero attached hydrogens (tertiary/aromatic N) is 3. The van der Waals surface area contributed by atoms with Gasteiger partial charge in [-0.05, 0) is 25.8 Å². The molecule has 5 nitrogen and oxygen atoms in total. The van der Waals surface area contributed by atoms with Crippen molar-refractivity contribution in [3.8, 4) is 0 Å². The smallest absolute Gasteiger partial charge is 0.190 e. The fourth-order valence-corrected chi connectivity index (χ4v) is 5.22. The van der Waals surface area contributed by atoms with Crippen molar-refractivity contribution in [2.75, 3.05) is 37.0 Å². The Morgan fingerprint density at radius 2 is 2.04 bits per heavy atom. The molecule has 2 aliphatic rings. The molecular weight excluding hydrogens is 354 g/mol. The van der Waals surface area contributed by atoms with Gasteiger partial charge in [0.25, 0.3) is 0 Å². The van der Waals surface area contributed by atoms with Gasteiger partial charge in [-0.25, -0.2) is 9.97 Å². The average molecular weight is 380 g/mol. The quantitative estimate of drug-likeness (QED) is 0.593.